The molecule has 0 aliphatic heterocycles. The fourth-order valence-corrected chi connectivity index (χ4v) is 2.23. The summed E-state index contributed by atoms with van der Waals surface area (Å²) in [4.78, 5) is 12.2. The molecule has 1 N–H and O–H groups in total. The number of hydrogen-bond acceptors (Lipinski definition) is 3. The number of benzene rings is 1. The van der Waals surface area contributed by atoms with Crippen molar-refractivity contribution in [2.24, 2.45) is 5.92 Å². The summed E-state index contributed by atoms with van der Waals surface area (Å²) in [5.41, 5.74) is 3.12. The maximum atomic E-state index is 12.2. The van der Waals surface area contributed by atoms with Crippen LogP contribution in [-0.4, -0.2) is 14.9 Å². The number of aromatic nitrogens is 2. The molecule has 0 unspecified atom stereocenters. The number of hydrogen-bond donors (Lipinski definition) is 1. The molecule has 1 aromatic heterocycles. The molecule has 0 fully saturated rings. The number of aryl methyl sites for hydroxylation is 1. The van der Waals surface area contributed by atoms with Crippen LogP contribution in [0.2, 0.25) is 0 Å². The van der Waals surface area contributed by atoms with Gasteiger partial charge in [0.1, 0.15) is 0 Å². The number of aliphatic hydroxyl groups excluding tert-OH is 1. The first kappa shape index (κ1) is 15.4. The van der Waals surface area contributed by atoms with Gasteiger partial charge in [-0.1, -0.05) is 45.0 Å². The van der Waals surface area contributed by atoms with Crippen molar-refractivity contribution in [3.8, 4) is 11.3 Å². The van der Waals surface area contributed by atoms with E-state index < -0.39 is 0 Å². The minimum Gasteiger partial charge on any atom is -0.391 e. The second-order valence-corrected chi connectivity index (χ2v) is 5.64. The first-order chi connectivity index (χ1) is 10.0. The molecule has 0 aliphatic rings. The first-order valence-corrected chi connectivity index (χ1v) is 7.36. The monoisotopic (exact) mass is 286 g/mol. The van der Waals surface area contributed by atoms with E-state index in [2.05, 4.69) is 24.2 Å². The van der Waals surface area contributed by atoms with E-state index in [1.807, 2.05) is 26.0 Å². The molecule has 0 atom stereocenters. The van der Waals surface area contributed by atoms with Gasteiger partial charge in [0.25, 0.3) is 5.56 Å². The molecule has 4 heteroatoms. The van der Waals surface area contributed by atoms with Crippen molar-refractivity contribution in [1.29, 1.82) is 0 Å². The Morgan fingerprint density at radius 3 is 2.43 bits per heavy atom. The van der Waals surface area contributed by atoms with E-state index in [9.17, 15) is 9.90 Å². The lowest BCUT2D eigenvalue weighted by molar-refractivity contribution is 0.277. The topological polar surface area (TPSA) is 55.1 Å². The van der Waals surface area contributed by atoms with Gasteiger partial charge in [-0.2, -0.15) is 5.10 Å². The lowest BCUT2D eigenvalue weighted by Crippen LogP contribution is -2.28. The summed E-state index contributed by atoms with van der Waals surface area (Å²) in [6.45, 7) is 6.47. The molecule has 2 rings (SSSR count). The zero-order chi connectivity index (χ0) is 15.4. The van der Waals surface area contributed by atoms with Crippen molar-refractivity contribution in [2.45, 2.75) is 40.3 Å². The van der Waals surface area contributed by atoms with E-state index in [0.717, 1.165) is 17.7 Å². The Morgan fingerprint density at radius 1 is 1.24 bits per heavy atom. The van der Waals surface area contributed by atoms with Gasteiger partial charge in [0.15, 0.2) is 0 Å². The zero-order valence-electron chi connectivity index (χ0n) is 12.8. The number of nitrogens with zero attached hydrogens (tertiary/aromatic N) is 2. The van der Waals surface area contributed by atoms with Crippen molar-refractivity contribution in [1.82, 2.24) is 9.78 Å². The predicted molar refractivity (Wildman–Crippen MR) is 84.1 cm³/mol. The Hall–Kier alpha value is -1.94. The summed E-state index contributed by atoms with van der Waals surface area (Å²) >= 11 is 0. The molecule has 0 amide bonds. The third-order valence-corrected chi connectivity index (χ3v) is 3.41. The van der Waals surface area contributed by atoms with Crippen LogP contribution in [0, 0.1) is 5.92 Å². The van der Waals surface area contributed by atoms with E-state index in [1.165, 1.54) is 10.2 Å². The fourth-order valence-electron chi connectivity index (χ4n) is 2.23. The maximum Gasteiger partial charge on any atom is 0.272 e. The van der Waals surface area contributed by atoms with E-state index in [-0.39, 0.29) is 12.2 Å². The third-order valence-electron chi connectivity index (χ3n) is 3.41. The summed E-state index contributed by atoms with van der Waals surface area (Å²) in [5, 5.41) is 13.8. The number of rotatable bonds is 5. The molecule has 4 nitrogen and oxygen atoms in total. The molecule has 0 saturated carbocycles. The van der Waals surface area contributed by atoms with Gasteiger partial charge in [-0.3, -0.25) is 4.79 Å². The van der Waals surface area contributed by atoms with Crippen LogP contribution in [0.3, 0.4) is 0 Å². The van der Waals surface area contributed by atoms with E-state index >= 15 is 0 Å². The van der Waals surface area contributed by atoms with Gasteiger partial charge in [0, 0.05) is 17.7 Å². The van der Waals surface area contributed by atoms with Crippen LogP contribution >= 0.6 is 0 Å². The van der Waals surface area contributed by atoms with Crippen LogP contribution in [0.4, 0.5) is 0 Å². The van der Waals surface area contributed by atoms with Gasteiger partial charge < -0.3 is 5.11 Å². The van der Waals surface area contributed by atoms with Gasteiger partial charge in [-0.25, -0.2) is 4.68 Å². The molecule has 0 bridgehead atoms. The Balaban J connectivity index is 2.49. The van der Waals surface area contributed by atoms with Gasteiger partial charge in [0.2, 0.25) is 0 Å². The average Bonchev–Trinajstić information content (AvgIpc) is 2.49. The Morgan fingerprint density at radius 2 is 1.90 bits per heavy atom. The van der Waals surface area contributed by atoms with Crippen molar-refractivity contribution in [3.05, 3.63) is 51.8 Å². The molecule has 112 valence electrons. The van der Waals surface area contributed by atoms with Crippen molar-refractivity contribution in [2.75, 3.05) is 0 Å². The minimum atomic E-state index is -0.264. The van der Waals surface area contributed by atoms with Crippen LogP contribution < -0.4 is 5.56 Å². The zero-order valence-corrected chi connectivity index (χ0v) is 12.8. The summed E-state index contributed by atoms with van der Waals surface area (Å²) in [6.07, 6.45) is 0.989. The van der Waals surface area contributed by atoms with Crippen LogP contribution in [0.1, 0.15) is 31.9 Å². The normalized spacial score (nSPS) is 11.1. The highest BCUT2D eigenvalue weighted by Crippen LogP contribution is 2.18. The molecule has 2 aromatic rings. The lowest BCUT2D eigenvalue weighted by Gasteiger charge is -2.12. The van der Waals surface area contributed by atoms with Gasteiger partial charge in [-0.15, -0.1) is 0 Å². The standard InChI is InChI=1S/C17H22N2O2/c1-4-13-5-7-14(8-6-13)16-9-15(11-20)17(21)19(18-16)10-12(2)3/h5-9,12,20H,4,10-11H2,1-3H3. The van der Waals surface area contributed by atoms with Gasteiger partial charge in [0.05, 0.1) is 12.3 Å². The molecule has 0 radical (unpaired) electrons. The van der Waals surface area contributed by atoms with Gasteiger partial charge >= 0.3 is 0 Å². The maximum absolute atomic E-state index is 12.2. The Labute approximate surface area is 125 Å². The Bertz CT molecular complexity index is 657. The molecule has 0 spiro atoms. The quantitative estimate of drug-likeness (QED) is 0.919. The summed E-state index contributed by atoms with van der Waals surface area (Å²) in [6, 6.07) is 9.82. The molecule has 1 aromatic carbocycles. The molecule has 0 saturated heterocycles. The minimum absolute atomic E-state index is 0.208. The molecule has 1 heterocycles. The van der Waals surface area contributed by atoms with Crippen LogP contribution in [0.25, 0.3) is 11.3 Å². The number of aliphatic hydroxyl groups is 1. The molecular formula is C17H22N2O2. The SMILES string of the molecule is CCc1ccc(-c2cc(CO)c(=O)n(CC(C)C)n2)cc1. The van der Waals surface area contributed by atoms with E-state index in [1.54, 1.807) is 6.07 Å². The third kappa shape index (κ3) is 3.58. The largest absolute Gasteiger partial charge is 0.391 e. The molecular weight excluding hydrogens is 264 g/mol. The second kappa shape index (κ2) is 6.68. The predicted octanol–water partition coefficient (Wildman–Crippen LogP) is 2.62. The van der Waals surface area contributed by atoms with Crippen LogP contribution in [0.15, 0.2) is 35.1 Å². The van der Waals surface area contributed by atoms with Crippen LogP contribution in [0.5, 0.6) is 0 Å². The highest BCUT2D eigenvalue weighted by molar-refractivity contribution is 5.59. The van der Waals surface area contributed by atoms with Gasteiger partial charge in [-0.05, 0) is 24.0 Å². The first-order valence-electron chi connectivity index (χ1n) is 7.36. The highest BCUT2D eigenvalue weighted by atomic mass is 16.3. The average molecular weight is 286 g/mol. The van der Waals surface area contributed by atoms with E-state index in [0.29, 0.717) is 18.0 Å². The van der Waals surface area contributed by atoms with Crippen LogP contribution in [-0.2, 0) is 19.6 Å². The second-order valence-electron chi connectivity index (χ2n) is 5.64. The van der Waals surface area contributed by atoms with Crippen molar-refractivity contribution >= 4 is 0 Å². The molecule has 0 aliphatic carbocycles. The fraction of sp³-hybridized carbons (Fsp3) is 0.412. The Kier molecular flexibility index (Phi) is 4.91. The smallest absolute Gasteiger partial charge is 0.272 e. The van der Waals surface area contributed by atoms with E-state index in [4.69, 9.17) is 0 Å². The summed E-state index contributed by atoms with van der Waals surface area (Å²) in [7, 11) is 0. The van der Waals surface area contributed by atoms with Crippen molar-refractivity contribution < 1.29 is 5.11 Å². The van der Waals surface area contributed by atoms with Crippen molar-refractivity contribution in [3.63, 3.8) is 0 Å². The lowest BCUT2D eigenvalue weighted by atomic mass is 10.1. The molecule has 21 heavy (non-hydrogen) atoms. The summed E-state index contributed by atoms with van der Waals surface area (Å²) < 4.78 is 1.46. The highest BCUT2D eigenvalue weighted by Gasteiger charge is 2.10. The summed E-state index contributed by atoms with van der Waals surface area (Å²) in [5.74, 6) is 0.319.